The Balaban J connectivity index is 2.92. The van der Waals surface area contributed by atoms with Crippen LogP contribution in [-0.4, -0.2) is 15.9 Å². The van der Waals surface area contributed by atoms with Crippen LogP contribution in [0.5, 0.6) is 5.75 Å². The van der Waals surface area contributed by atoms with Crippen LogP contribution in [0.1, 0.15) is 18.9 Å². The molecule has 0 bridgehead atoms. The van der Waals surface area contributed by atoms with Gasteiger partial charge in [0.15, 0.2) is 5.11 Å². The molecule has 1 aromatic rings. The maximum absolute atomic E-state index is 9.31. The van der Waals surface area contributed by atoms with Crippen LogP contribution < -0.4 is 11.2 Å². The summed E-state index contributed by atoms with van der Waals surface area (Å²) in [5.41, 5.74) is 9.44. The van der Waals surface area contributed by atoms with Gasteiger partial charge in [-0.1, -0.05) is 19.1 Å². The summed E-state index contributed by atoms with van der Waals surface area (Å²) in [7, 11) is 0. The molecule has 0 amide bonds. The molecule has 0 saturated heterocycles. The summed E-state index contributed by atoms with van der Waals surface area (Å²) >= 11 is 4.65. The third kappa shape index (κ3) is 3.55. The van der Waals surface area contributed by atoms with E-state index < -0.39 is 0 Å². The van der Waals surface area contributed by atoms with Gasteiger partial charge in [0.1, 0.15) is 5.75 Å². The van der Waals surface area contributed by atoms with Gasteiger partial charge in [-0.3, -0.25) is 5.43 Å². The number of nitrogens with two attached hydrogens (primary N) is 1. The van der Waals surface area contributed by atoms with Gasteiger partial charge < -0.3 is 10.8 Å². The smallest absolute Gasteiger partial charge is 0.184 e. The van der Waals surface area contributed by atoms with E-state index in [0.717, 1.165) is 17.7 Å². The third-order valence-electron chi connectivity index (χ3n) is 1.82. The first kappa shape index (κ1) is 11.5. The molecule has 0 atom stereocenters. The monoisotopic (exact) mass is 223 g/mol. The van der Waals surface area contributed by atoms with Crippen LogP contribution in [0.4, 0.5) is 0 Å². The van der Waals surface area contributed by atoms with Crippen molar-refractivity contribution in [1.29, 1.82) is 0 Å². The Morgan fingerprint density at radius 1 is 1.60 bits per heavy atom. The maximum Gasteiger partial charge on any atom is 0.184 e. The van der Waals surface area contributed by atoms with Gasteiger partial charge in [0.25, 0.3) is 0 Å². The van der Waals surface area contributed by atoms with E-state index in [1.54, 1.807) is 18.2 Å². The Bertz CT molecular complexity index is 390. The number of rotatable bonds is 3. The van der Waals surface area contributed by atoms with E-state index in [2.05, 4.69) is 22.7 Å². The van der Waals surface area contributed by atoms with Gasteiger partial charge in [0, 0.05) is 5.56 Å². The summed E-state index contributed by atoms with van der Waals surface area (Å²) in [6.45, 7) is 1.96. The average Bonchev–Trinajstić information content (AvgIpc) is 2.18. The number of benzene rings is 1. The van der Waals surface area contributed by atoms with E-state index in [9.17, 15) is 5.11 Å². The topological polar surface area (TPSA) is 70.6 Å². The molecule has 0 saturated carbocycles. The van der Waals surface area contributed by atoms with Crippen molar-refractivity contribution in [3.8, 4) is 5.75 Å². The van der Waals surface area contributed by atoms with Crippen molar-refractivity contribution in [1.82, 2.24) is 5.43 Å². The van der Waals surface area contributed by atoms with Gasteiger partial charge in [-0.05, 0) is 30.8 Å². The Kier molecular flexibility index (Phi) is 4.05. The van der Waals surface area contributed by atoms with E-state index >= 15 is 0 Å². The molecule has 0 aliphatic rings. The first-order valence-electron chi connectivity index (χ1n) is 4.55. The fourth-order valence-corrected chi connectivity index (χ4v) is 1.20. The highest BCUT2D eigenvalue weighted by molar-refractivity contribution is 7.80. The van der Waals surface area contributed by atoms with Crippen molar-refractivity contribution < 1.29 is 5.11 Å². The maximum atomic E-state index is 9.31. The number of phenols is 1. The van der Waals surface area contributed by atoms with Crippen molar-refractivity contribution in [2.75, 3.05) is 0 Å². The summed E-state index contributed by atoms with van der Waals surface area (Å²) in [5.74, 6) is 0.212. The highest BCUT2D eigenvalue weighted by Crippen LogP contribution is 2.12. The normalized spacial score (nSPS) is 11.1. The molecule has 1 aromatic carbocycles. The molecule has 0 aliphatic carbocycles. The molecule has 1 rings (SSSR count). The second kappa shape index (κ2) is 5.31. The molecule has 0 radical (unpaired) electrons. The van der Waals surface area contributed by atoms with Crippen molar-refractivity contribution in [3.63, 3.8) is 0 Å². The highest BCUT2D eigenvalue weighted by Gasteiger charge is 2.01. The summed E-state index contributed by atoms with van der Waals surface area (Å²) in [6.07, 6.45) is 0.721. The second-order valence-electron chi connectivity index (χ2n) is 2.94. The quantitative estimate of drug-likeness (QED) is 0.411. The van der Waals surface area contributed by atoms with Gasteiger partial charge in [-0.15, -0.1) is 0 Å². The lowest BCUT2D eigenvalue weighted by atomic mass is 10.1. The number of nitrogens with zero attached hydrogens (tertiary/aromatic N) is 1. The zero-order valence-corrected chi connectivity index (χ0v) is 9.21. The van der Waals surface area contributed by atoms with Gasteiger partial charge >= 0.3 is 0 Å². The molecule has 0 fully saturated rings. The Labute approximate surface area is 93.8 Å². The summed E-state index contributed by atoms with van der Waals surface area (Å²) < 4.78 is 0. The van der Waals surface area contributed by atoms with Crippen LogP contribution >= 0.6 is 12.2 Å². The Hall–Kier alpha value is -1.62. The predicted molar refractivity (Wildman–Crippen MR) is 64.9 cm³/mol. The van der Waals surface area contributed by atoms with E-state index in [4.69, 9.17) is 5.73 Å². The number of hydrazone groups is 1. The molecule has 0 aliphatic heterocycles. The van der Waals surface area contributed by atoms with Crippen molar-refractivity contribution in [2.24, 2.45) is 10.8 Å². The Morgan fingerprint density at radius 2 is 2.33 bits per heavy atom. The number of aromatic hydroxyl groups is 1. The minimum absolute atomic E-state index is 0.126. The molecule has 4 N–H and O–H groups in total. The number of phenolic OH excluding ortho intramolecular Hbond substituents is 1. The molecule has 15 heavy (non-hydrogen) atoms. The van der Waals surface area contributed by atoms with E-state index in [0.29, 0.717) is 0 Å². The largest absolute Gasteiger partial charge is 0.508 e. The van der Waals surface area contributed by atoms with Crippen molar-refractivity contribution in [3.05, 3.63) is 29.8 Å². The van der Waals surface area contributed by atoms with Gasteiger partial charge in [-0.2, -0.15) is 5.10 Å². The summed E-state index contributed by atoms with van der Waals surface area (Å²) in [6, 6.07) is 6.88. The van der Waals surface area contributed by atoms with E-state index in [1.165, 1.54) is 0 Å². The van der Waals surface area contributed by atoms with E-state index in [-0.39, 0.29) is 10.9 Å². The molecule has 4 nitrogen and oxygen atoms in total. The van der Waals surface area contributed by atoms with Crippen LogP contribution in [0, 0.1) is 0 Å². The molecule has 0 spiro atoms. The predicted octanol–water partition coefficient (Wildman–Crippen LogP) is 1.34. The van der Waals surface area contributed by atoms with Crippen LogP contribution in [0.2, 0.25) is 0 Å². The van der Waals surface area contributed by atoms with Crippen molar-refractivity contribution >= 4 is 23.0 Å². The molecular weight excluding hydrogens is 210 g/mol. The molecule has 5 heteroatoms. The lowest BCUT2D eigenvalue weighted by molar-refractivity contribution is 0.475. The molecular formula is C10H13N3OS. The SMILES string of the molecule is CCC(=NNC(N)=S)c1cccc(O)c1. The molecule has 0 heterocycles. The number of thiocarbonyl (C=S) groups is 1. The van der Waals surface area contributed by atoms with E-state index in [1.807, 2.05) is 13.0 Å². The first-order valence-corrected chi connectivity index (χ1v) is 4.95. The summed E-state index contributed by atoms with van der Waals surface area (Å²) in [5, 5.41) is 13.5. The standard InChI is InChI=1S/C10H13N3OS/c1-2-9(12-13-10(11)15)7-4-3-5-8(14)6-7/h3-6,14H,2H2,1H3,(H3,11,13,15). The van der Waals surface area contributed by atoms with Crippen LogP contribution in [0.15, 0.2) is 29.4 Å². The lowest BCUT2D eigenvalue weighted by Gasteiger charge is -2.04. The van der Waals surface area contributed by atoms with Crippen LogP contribution in [0.3, 0.4) is 0 Å². The van der Waals surface area contributed by atoms with Crippen LogP contribution in [-0.2, 0) is 0 Å². The average molecular weight is 223 g/mol. The van der Waals surface area contributed by atoms with Crippen molar-refractivity contribution in [2.45, 2.75) is 13.3 Å². The van der Waals surface area contributed by atoms with Gasteiger partial charge in [0.2, 0.25) is 0 Å². The molecule has 0 unspecified atom stereocenters. The fraction of sp³-hybridized carbons (Fsp3) is 0.200. The number of nitrogens with one attached hydrogen (secondary N) is 1. The first-order chi connectivity index (χ1) is 7.13. The molecule has 0 aromatic heterocycles. The number of hydrogen-bond acceptors (Lipinski definition) is 3. The fourth-order valence-electron chi connectivity index (χ4n) is 1.16. The van der Waals surface area contributed by atoms with Gasteiger partial charge in [0.05, 0.1) is 5.71 Å². The minimum Gasteiger partial charge on any atom is -0.508 e. The molecule has 80 valence electrons. The lowest BCUT2D eigenvalue weighted by Crippen LogP contribution is -2.25. The highest BCUT2D eigenvalue weighted by atomic mass is 32.1. The second-order valence-corrected chi connectivity index (χ2v) is 3.38. The zero-order valence-electron chi connectivity index (χ0n) is 8.40. The number of hydrogen-bond donors (Lipinski definition) is 3. The minimum atomic E-state index is 0.126. The Morgan fingerprint density at radius 3 is 2.87 bits per heavy atom. The summed E-state index contributed by atoms with van der Waals surface area (Å²) in [4.78, 5) is 0. The zero-order chi connectivity index (χ0) is 11.3. The van der Waals surface area contributed by atoms with Crippen LogP contribution in [0.25, 0.3) is 0 Å². The van der Waals surface area contributed by atoms with Gasteiger partial charge in [-0.25, -0.2) is 0 Å². The third-order valence-corrected chi connectivity index (χ3v) is 1.91.